The number of carbonyl (C=O) groups is 3. The summed E-state index contributed by atoms with van der Waals surface area (Å²) in [6.07, 6.45) is 9.22. The fraction of sp³-hybridized carbons (Fsp3) is 0.171. The second-order valence-electron chi connectivity index (χ2n) is 12.2. The van der Waals surface area contributed by atoms with E-state index in [9.17, 15) is 50.5 Å². The molecule has 4 aliphatic carbocycles. The van der Waals surface area contributed by atoms with Crippen LogP contribution in [0.5, 0.6) is 0 Å². The van der Waals surface area contributed by atoms with Crippen LogP contribution in [0.4, 0.5) is 16.2 Å². The molecule has 2 aromatic rings. The first kappa shape index (κ1) is 36.1. The summed E-state index contributed by atoms with van der Waals surface area (Å²) in [5.74, 6) is -2.93. The normalized spacial score (nSPS) is 21.7. The van der Waals surface area contributed by atoms with Gasteiger partial charge in [0, 0.05) is 58.6 Å². The summed E-state index contributed by atoms with van der Waals surface area (Å²) in [7, 11) is -9.08. The lowest BCUT2D eigenvalue weighted by molar-refractivity contribution is 0.0994. The van der Waals surface area contributed by atoms with Gasteiger partial charge in [-0.05, 0) is 85.7 Å². The zero-order valence-corrected chi connectivity index (χ0v) is 28.6. The molecule has 0 aliphatic heterocycles. The van der Waals surface area contributed by atoms with Crippen molar-refractivity contribution < 1.29 is 50.5 Å². The minimum atomic E-state index is -4.54. The number of carbonyl (C=O) groups excluding carboxylic acids is 3. The van der Waals surface area contributed by atoms with E-state index in [1.807, 2.05) is 0 Å². The average Bonchev–Trinajstić information content (AvgIpc) is 3.07. The number of hydrogen-bond acceptors (Lipinski definition) is 9. The maximum atomic E-state index is 12.8. The molecular weight excluding hydrogens is 717 g/mol. The lowest BCUT2D eigenvalue weighted by Gasteiger charge is -2.25. The van der Waals surface area contributed by atoms with Crippen molar-refractivity contribution >= 4 is 60.9 Å². The highest BCUT2D eigenvalue weighted by Gasteiger charge is 2.32. The minimum Gasteiger partial charge on any atom is -0.507 e. The highest BCUT2D eigenvalue weighted by Crippen LogP contribution is 2.37. The molecule has 0 radical (unpaired) electrons. The van der Waals surface area contributed by atoms with Crippen LogP contribution in [0.2, 0.25) is 0 Å². The fourth-order valence-corrected chi connectivity index (χ4v) is 7.47. The van der Waals surface area contributed by atoms with E-state index in [-0.39, 0.29) is 48.6 Å². The van der Waals surface area contributed by atoms with Gasteiger partial charge in [0.2, 0.25) is 0 Å². The smallest absolute Gasteiger partial charge is 0.323 e. The van der Waals surface area contributed by atoms with Crippen molar-refractivity contribution in [2.45, 2.75) is 25.7 Å². The van der Waals surface area contributed by atoms with Crippen molar-refractivity contribution in [2.24, 2.45) is 21.8 Å². The molecular formula is C35H30N4O11S2. The summed E-state index contributed by atoms with van der Waals surface area (Å²) in [6.45, 7) is 0. The van der Waals surface area contributed by atoms with E-state index in [1.165, 1.54) is 60.7 Å². The summed E-state index contributed by atoms with van der Waals surface area (Å²) in [6, 6.07) is 11.4. The van der Waals surface area contributed by atoms with Gasteiger partial charge in [-0.25, -0.2) is 14.8 Å². The first-order chi connectivity index (χ1) is 24.5. The van der Waals surface area contributed by atoms with E-state index in [0.717, 1.165) is 0 Å². The summed E-state index contributed by atoms with van der Waals surface area (Å²) >= 11 is 0. The van der Waals surface area contributed by atoms with E-state index in [0.29, 0.717) is 33.9 Å². The molecule has 2 atom stereocenters. The number of fused-ring (bicyclic) bond motifs is 2. The van der Waals surface area contributed by atoms with Gasteiger partial charge in [0.05, 0.1) is 0 Å². The predicted molar refractivity (Wildman–Crippen MR) is 191 cm³/mol. The highest BCUT2D eigenvalue weighted by atomic mass is 32.2. The Bertz CT molecular complexity index is 2200. The van der Waals surface area contributed by atoms with Gasteiger partial charge in [0.1, 0.15) is 21.3 Å². The number of hydrogen-bond donors (Lipinski definition) is 6. The third-order valence-corrected chi connectivity index (χ3v) is 10.7. The van der Waals surface area contributed by atoms with Crippen molar-refractivity contribution in [2.75, 3.05) is 10.6 Å². The molecule has 0 heterocycles. The Labute approximate surface area is 297 Å². The lowest BCUT2D eigenvalue weighted by Crippen LogP contribution is -2.20. The van der Waals surface area contributed by atoms with Gasteiger partial charge in [-0.3, -0.25) is 18.7 Å². The van der Waals surface area contributed by atoms with E-state index in [2.05, 4.69) is 20.6 Å². The van der Waals surface area contributed by atoms with Crippen molar-refractivity contribution in [1.29, 1.82) is 0 Å². The van der Waals surface area contributed by atoms with Gasteiger partial charge >= 0.3 is 6.03 Å². The molecule has 15 nitrogen and oxygen atoms in total. The second kappa shape index (κ2) is 14.1. The van der Waals surface area contributed by atoms with Crippen LogP contribution >= 0.6 is 0 Å². The van der Waals surface area contributed by atoms with E-state index >= 15 is 0 Å². The van der Waals surface area contributed by atoms with Crippen molar-refractivity contribution in [3.8, 4) is 0 Å². The average molecular weight is 747 g/mol. The van der Waals surface area contributed by atoms with Crippen LogP contribution in [0.3, 0.4) is 0 Å². The Kier molecular flexibility index (Phi) is 9.78. The molecule has 0 fully saturated rings. The molecule has 4 amide bonds. The molecule has 0 saturated carbocycles. The van der Waals surface area contributed by atoms with Crippen LogP contribution in [0.15, 0.2) is 127 Å². The number of anilines is 2. The van der Waals surface area contributed by atoms with Crippen molar-refractivity contribution in [3.05, 3.63) is 129 Å². The van der Waals surface area contributed by atoms with Gasteiger partial charge in [-0.2, -0.15) is 16.8 Å². The fourth-order valence-electron chi connectivity index (χ4n) is 6.04. The van der Waals surface area contributed by atoms with E-state index in [1.54, 1.807) is 24.3 Å². The van der Waals surface area contributed by atoms with Crippen LogP contribution in [-0.2, 0) is 20.2 Å². The zero-order valence-electron chi connectivity index (χ0n) is 26.9. The highest BCUT2D eigenvalue weighted by molar-refractivity contribution is 7.90. The number of aliphatic imine (C=N–C) groups is 2. The van der Waals surface area contributed by atoms with E-state index < -0.39 is 59.4 Å². The van der Waals surface area contributed by atoms with Crippen LogP contribution in [0, 0.1) is 11.8 Å². The summed E-state index contributed by atoms with van der Waals surface area (Å²) in [4.78, 5) is 45.6. The number of amides is 4. The number of rotatable bonds is 6. The Hall–Kier alpha value is -5.75. The number of urea groups is 1. The molecule has 0 spiro atoms. The van der Waals surface area contributed by atoms with Gasteiger partial charge < -0.3 is 20.8 Å². The summed E-state index contributed by atoms with van der Waals surface area (Å²) in [5.41, 5.74) is 3.34. The third kappa shape index (κ3) is 8.24. The molecule has 6 rings (SSSR count). The molecule has 2 unspecified atom stereocenters. The third-order valence-electron chi connectivity index (χ3n) is 8.68. The van der Waals surface area contributed by atoms with Gasteiger partial charge in [-0.15, -0.1) is 0 Å². The minimum absolute atomic E-state index is 0.101. The summed E-state index contributed by atoms with van der Waals surface area (Å²) < 4.78 is 64.6. The molecule has 2 aromatic carbocycles. The Morgan fingerprint density at radius 3 is 1.33 bits per heavy atom. The number of aliphatic hydroxyl groups excluding tert-OH is 2. The second-order valence-corrected chi connectivity index (χ2v) is 15.1. The molecule has 0 bridgehead atoms. The van der Waals surface area contributed by atoms with Gasteiger partial charge in [-0.1, -0.05) is 23.3 Å². The van der Waals surface area contributed by atoms with Gasteiger partial charge in [0.15, 0.2) is 0 Å². The monoisotopic (exact) mass is 746 g/mol. The number of nitrogens with one attached hydrogen (secondary N) is 2. The van der Waals surface area contributed by atoms with Crippen LogP contribution < -0.4 is 10.6 Å². The molecule has 0 aromatic heterocycles. The lowest BCUT2D eigenvalue weighted by atomic mass is 9.83. The molecule has 52 heavy (non-hydrogen) atoms. The number of aliphatic hydroxyl groups is 2. The molecule has 4 aliphatic rings. The quantitative estimate of drug-likeness (QED) is 0.198. The maximum absolute atomic E-state index is 12.8. The largest absolute Gasteiger partial charge is 0.507 e. The molecule has 0 saturated heterocycles. The number of nitrogens with zero attached hydrogens (tertiary/aromatic N) is 2. The van der Waals surface area contributed by atoms with Crippen LogP contribution in [0.25, 0.3) is 0 Å². The topological polar surface area (TPSA) is 249 Å². The maximum Gasteiger partial charge on any atom is 0.323 e. The first-order valence-electron chi connectivity index (χ1n) is 15.6. The SMILES string of the molecule is O=C(Nc1ccc(C(=O)N=C2C=CC3CC(S(=O)(=O)O)=C(O)C=C3C2)cc1)Nc1ccc(C(=O)N=C2C=CC3CC(S(=O)(=O)O)=C(O)C=C3C2)cc1. The number of benzene rings is 2. The Morgan fingerprint density at radius 1 is 0.615 bits per heavy atom. The molecule has 6 N–H and O–H groups in total. The predicted octanol–water partition coefficient (Wildman–Crippen LogP) is 5.62. The van der Waals surface area contributed by atoms with Crippen LogP contribution in [0.1, 0.15) is 46.4 Å². The zero-order chi connectivity index (χ0) is 37.4. The van der Waals surface area contributed by atoms with Crippen molar-refractivity contribution in [1.82, 2.24) is 0 Å². The summed E-state index contributed by atoms with van der Waals surface area (Å²) in [5, 5.41) is 25.4. The molecule has 268 valence electrons. The Morgan fingerprint density at radius 2 is 0.981 bits per heavy atom. The van der Waals surface area contributed by atoms with Crippen LogP contribution in [-0.4, -0.2) is 65.4 Å². The first-order valence-corrected chi connectivity index (χ1v) is 18.5. The number of allylic oxidation sites excluding steroid dienone is 10. The standard InChI is InChI=1S/C35H30N4O11S2/c40-29-15-23-13-27(11-5-21(23)17-31(29)51(45,46)47)36-33(42)19-1-7-25(8-2-19)38-35(44)39-26-9-3-20(4-10-26)34(43)37-28-12-6-22-18-32(52(48,49)50)30(41)16-24(22)14-28/h1-12,15-16,21-22,40-41H,13-14,17-18H2,(H2,38,39,44)(H,45,46,47)(H,48,49,50). The van der Waals surface area contributed by atoms with Gasteiger partial charge in [0.25, 0.3) is 32.1 Å². The van der Waals surface area contributed by atoms with E-state index in [4.69, 9.17) is 0 Å². The van der Waals surface area contributed by atoms with Crippen molar-refractivity contribution in [3.63, 3.8) is 0 Å². The Balaban J connectivity index is 1.02. The molecule has 17 heteroatoms.